The van der Waals surface area contributed by atoms with Gasteiger partial charge in [0.1, 0.15) is 24.3 Å². The molecule has 1 aliphatic carbocycles. The Morgan fingerprint density at radius 1 is 1.43 bits per heavy atom. The number of carbonyl (C=O) groups is 2. The van der Waals surface area contributed by atoms with Crippen molar-refractivity contribution in [2.45, 2.75) is 18.9 Å². The first-order valence-corrected chi connectivity index (χ1v) is 9.59. The van der Waals surface area contributed by atoms with Crippen LogP contribution < -0.4 is 10.8 Å². The Balaban J connectivity index is 1.94. The summed E-state index contributed by atoms with van der Waals surface area (Å²) in [6, 6.07) is 4.61. The number of nitrogens with zero attached hydrogens (tertiary/aromatic N) is 1. The van der Waals surface area contributed by atoms with Gasteiger partial charge in [0.25, 0.3) is 5.91 Å². The molecule has 0 spiro atoms. The Bertz CT molecular complexity index is 930. The Morgan fingerprint density at radius 3 is 2.86 bits per heavy atom. The number of hydrogen-bond acceptors (Lipinski definition) is 6. The van der Waals surface area contributed by atoms with Crippen LogP contribution in [0.25, 0.3) is 0 Å². The molecule has 4 N–H and O–H groups in total. The van der Waals surface area contributed by atoms with Crippen LogP contribution in [-0.4, -0.2) is 45.8 Å². The monoisotopic (exact) mass is 503 g/mol. The molecule has 0 saturated carbocycles. The molecular weight excluding hydrogens is 484 g/mol. The lowest BCUT2D eigenvalue weighted by Gasteiger charge is -2.14. The van der Waals surface area contributed by atoms with E-state index in [1.54, 1.807) is 23.7 Å². The van der Waals surface area contributed by atoms with E-state index in [1.807, 2.05) is 22.6 Å². The molecule has 2 aromatic rings. The summed E-state index contributed by atoms with van der Waals surface area (Å²) in [4.78, 5) is 29.9. The molecule has 0 radical (unpaired) electrons. The van der Waals surface area contributed by atoms with Gasteiger partial charge in [0.2, 0.25) is 0 Å². The summed E-state index contributed by atoms with van der Waals surface area (Å²) in [6.45, 7) is -0.811. The lowest BCUT2D eigenvalue weighted by atomic mass is 10.1. The van der Waals surface area contributed by atoms with Crippen LogP contribution in [0.5, 0.6) is 0 Å². The minimum Gasteiger partial charge on any atom is -0.394 e. The third kappa shape index (κ3) is 4.04. The Kier molecular flexibility index (Phi) is 6.33. The Morgan fingerprint density at radius 2 is 2.18 bits per heavy atom. The van der Waals surface area contributed by atoms with Crippen LogP contribution in [0.15, 0.2) is 18.2 Å². The maximum atomic E-state index is 14.3. The fourth-order valence-corrected chi connectivity index (χ4v) is 3.57. The normalized spacial score (nSPS) is 14.1. The first-order valence-electron chi connectivity index (χ1n) is 8.51. The van der Waals surface area contributed by atoms with Gasteiger partial charge in [0.05, 0.1) is 23.6 Å². The molecule has 1 amide bonds. The number of hydroxylamine groups is 1. The second-order valence-corrected chi connectivity index (χ2v) is 7.61. The highest BCUT2D eigenvalue weighted by Crippen LogP contribution is 2.35. The van der Waals surface area contributed by atoms with Crippen LogP contribution >= 0.6 is 22.6 Å². The van der Waals surface area contributed by atoms with Crippen molar-refractivity contribution >= 4 is 45.8 Å². The highest BCUT2D eigenvalue weighted by Gasteiger charge is 2.33. The number of benzene rings is 1. The standard InChI is InChI=1S/C18H19FIN3O5/c1-23-16-11(3-5-14(16)26)15(18(27)22-28-8-10(25)7-24)17(23)21-13-4-2-9(20)6-12(13)19/h2,4,6,10,21,24-25H,3,5,7-8H2,1H3,(H,22,27)/t10-/m1/s1. The van der Waals surface area contributed by atoms with E-state index in [2.05, 4.69) is 10.8 Å². The fraction of sp³-hybridized carbons (Fsp3) is 0.333. The van der Waals surface area contributed by atoms with E-state index in [-0.39, 0.29) is 29.5 Å². The number of aliphatic hydroxyl groups is 2. The van der Waals surface area contributed by atoms with E-state index in [0.717, 1.165) is 3.57 Å². The van der Waals surface area contributed by atoms with E-state index < -0.39 is 24.4 Å². The van der Waals surface area contributed by atoms with Crippen LogP contribution in [0.4, 0.5) is 15.9 Å². The topological polar surface area (TPSA) is 113 Å². The van der Waals surface area contributed by atoms with Gasteiger partial charge in [0.15, 0.2) is 5.78 Å². The number of nitrogens with one attached hydrogen (secondary N) is 2. The first kappa shape index (κ1) is 20.7. The van der Waals surface area contributed by atoms with Gasteiger partial charge in [-0.25, -0.2) is 9.87 Å². The number of aliphatic hydroxyl groups excluding tert-OH is 2. The molecule has 0 unspecified atom stereocenters. The lowest BCUT2D eigenvalue weighted by molar-refractivity contribution is -0.0295. The SMILES string of the molecule is Cn1c(Nc2ccc(I)cc2F)c(C(=O)NOC[C@H](O)CO)c2c1C(=O)CC2. The maximum absolute atomic E-state index is 14.3. The second kappa shape index (κ2) is 8.55. The second-order valence-electron chi connectivity index (χ2n) is 6.36. The molecule has 150 valence electrons. The molecule has 1 aliphatic rings. The summed E-state index contributed by atoms with van der Waals surface area (Å²) in [6.07, 6.45) is -0.455. The number of halogens is 2. The molecule has 1 atom stereocenters. The molecule has 0 saturated heterocycles. The van der Waals surface area contributed by atoms with E-state index >= 15 is 0 Å². The molecule has 0 fully saturated rings. The van der Waals surface area contributed by atoms with Gasteiger partial charge in [0, 0.05) is 17.0 Å². The van der Waals surface area contributed by atoms with Crippen molar-refractivity contribution in [1.29, 1.82) is 0 Å². The van der Waals surface area contributed by atoms with Gasteiger partial charge in [-0.05, 0) is 52.8 Å². The summed E-state index contributed by atoms with van der Waals surface area (Å²) in [5.41, 5.74) is 3.50. The molecule has 1 aromatic heterocycles. The first-order chi connectivity index (χ1) is 13.3. The zero-order chi connectivity index (χ0) is 20.4. The summed E-state index contributed by atoms with van der Waals surface area (Å²) in [5.74, 6) is -0.959. The van der Waals surface area contributed by atoms with E-state index in [9.17, 15) is 19.1 Å². The zero-order valence-electron chi connectivity index (χ0n) is 15.0. The van der Waals surface area contributed by atoms with Gasteiger partial charge < -0.3 is 20.1 Å². The molecule has 8 nitrogen and oxygen atoms in total. The van der Waals surface area contributed by atoms with Gasteiger partial charge in [-0.1, -0.05) is 0 Å². The number of fused-ring (bicyclic) bond motifs is 1. The molecule has 1 heterocycles. The largest absolute Gasteiger partial charge is 0.394 e. The number of carbonyl (C=O) groups excluding carboxylic acids is 2. The number of hydrogen-bond donors (Lipinski definition) is 4. The summed E-state index contributed by atoms with van der Waals surface area (Å²) < 4.78 is 16.6. The van der Waals surface area contributed by atoms with Crippen molar-refractivity contribution < 1.29 is 29.0 Å². The molecular formula is C18H19FIN3O5. The predicted molar refractivity (Wildman–Crippen MR) is 107 cm³/mol. The number of amides is 1. The van der Waals surface area contributed by atoms with Crippen molar-refractivity contribution in [1.82, 2.24) is 10.0 Å². The highest BCUT2D eigenvalue weighted by atomic mass is 127. The van der Waals surface area contributed by atoms with Crippen molar-refractivity contribution in [3.63, 3.8) is 0 Å². The van der Waals surface area contributed by atoms with Crippen molar-refractivity contribution in [2.75, 3.05) is 18.5 Å². The van der Waals surface area contributed by atoms with Crippen LogP contribution in [0.3, 0.4) is 0 Å². The molecule has 10 heteroatoms. The number of aromatic nitrogens is 1. The molecule has 0 aliphatic heterocycles. The van der Waals surface area contributed by atoms with Crippen LogP contribution in [0.2, 0.25) is 0 Å². The van der Waals surface area contributed by atoms with Crippen molar-refractivity contribution in [3.05, 3.63) is 44.4 Å². The Hall–Kier alpha value is -2.02. The molecule has 1 aromatic carbocycles. The van der Waals surface area contributed by atoms with E-state index in [1.165, 1.54) is 6.07 Å². The molecule has 3 rings (SSSR count). The highest BCUT2D eigenvalue weighted by molar-refractivity contribution is 14.1. The molecule has 0 bridgehead atoms. The fourth-order valence-electron chi connectivity index (χ4n) is 3.12. The van der Waals surface area contributed by atoms with Crippen molar-refractivity contribution in [2.24, 2.45) is 7.05 Å². The number of rotatable bonds is 7. The predicted octanol–water partition coefficient (Wildman–Crippen LogP) is 1.66. The summed E-state index contributed by atoms with van der Waals surface area (Å²) in [7, 11) is 1.63. The van der Waals surface area contributed by atoms with E-state index in [0.29, 0.717) is 24.1 Å². The lowest BCUT2D eigenvalue weighted by Crippen LogP contribution is -2.30. The number of ketones is 1. The third-order valence-corrected chi connectivity index (χ3v) is 5.10. The number of Topliss-reactive ketones (excluding diaryl/α,β-unsaturated/α-hetero) is 1. The average Bonchev–Trinajstić information content (AvgIpc) is 3.15. The minimum atomic E-state index is -1.14. The Labute approximate surface area is 173 Å². The number of anilines is 2. The summed E-state index contributed by atoms with van der Waals surface area (Å²) in [5, 5.41) is 21.0. The zero-order valence-corrected chi connectivity index (χ0v) is 17.1. The third-order valence-electron chi connectivity index (χ3n) is 4.42. The quantitative estimate of drug-likeness (QED) is 0.338. The maximum Gasteiger partial charge on any atom is 0.278 e. The van der Waals surface area contributed by atoms with Crippen LogP contribution in [-0.2, 0) is 18.3 Å². The smallest absolute Gasteiger partial charge is 0.278 e. The van der Waals surface area contributed by atoms with Gasteiger partial charge >= 0.3 is 0 Å². The van der Waals surface area contributed by atoms with Crippen molar-refractivity contribution in [3.8, 4) is 0 Å². The minimum absolute atomic E-state index is 0.0979. The van der Waals surface area contributed by atoms with Gasteiger partial charge in [-0.2, -0.15) is 0 Å². The van der Waals surface area contributed by atoms with Gasteiger partial charge in [-0.15, -0.1) is 0 Å². The van der Waals surface area contributed by atoms with Crippen LogP contribution in [0, 0.1) is 9.39 Å². The van der Waals surface area contributed by atoms with Gasteiger partial charge in [-0.3, -0.25) is 14.4 Å². The van der Waals surface area contributed by atoms with Crippen LogP contribution in [0.1, 0.15) is 32.8 Å². The molecule has 28 heavy (non-hydrogen) atoms. The summed E-state index contributed by atoms with van der Waals surface area (Å²) >= 11 is 1.99. The average molecular weight is 503 g/mol. The van der Waals surface area contributed by atoms with E-state index in [4.69, 9.17) is 9.94 Å².